The lowest BCUT2D eigenvalue weighted by atomic mass is 10.0. The van der Waals surface area contributed by atoms with Gasteiger partial charge in [0.05, 0.1) is 14.2 Å². The first kappa shape index (κ1) is 16.5. The number of methoxy groups -OCH3 is 2. The maximum absolute atomic E-state index is 5.47. The number of ether oxygens (including phenoxy) is 2. The second kappa shape index (κ2) is 7.97. The molecule has 1 unspecified atom stereocenters. The number of hydrogen-bond donors (Lipinski definition) is 1. The van der Waals surface area contributed by atoms with E-state index in [1.54, 1.807) is 20.4 Å². The number of benzene rings is 1. The first-order valence-corrected chi connectivity index (χ1v) is 8.27. The highest BCUT2D eigenvalue weighted by Gasteiger charge is 2.21. The third kappa shape index (κ3) is 3.94. The maximum atomic E-state index is 5.47. The highest BCUT2D eigenvalue weighted by Crippen LogP contribution is 2.25. The van der Waals surface area contributed by atoms with Crippen molar-refractivity contribution in [3.8, 4) is 11.5 Å². The second-order valence-corrected chi connectivity index (χ2v) is 5.93. The van der Waals surface area contributed by atoms with Crippen LogP contribution in [0.15, 0.2) is 36.5 Å². The summed E-state index contributed by atoms with van der Waals surface area (Å²) in [5.74, 6) is 2.61. The molecular formula is C18H24N4O2. The third-order valence-electron chi connectivity index (χ3n) is 4.38. The number of piperidine rings is 1. The second-order valence-electron chi connectivity index (χ2n) is 5.93. The number of nitrogens with zero attached hydrogens (tertiary/aromatic N) is 3. The Hall–Kier alpha value is -2.34. The molecule has 0 saturated carbocycles. The van der Waals surface area contributed by atoms with Crippen LogP contribution in [0.3, 0.4) is 0 Å². The Balaban J connectivity index is 1.60. The van der Waals surface area contributed by atoms with Crippen LogP contribution in [0.2, 0.25) is 0 Å². The monoisotopic (exact) mass is 328 g/mol. The zero-order valence-electron chi connectivity index (χ0n) is 14.2. The molecule has 0 aliphatic carbocycles. The number of rotatable bonds is 6. The summed E-state index contributed by atoms with van der Waals surface area (Å²) in [6.45, 7) is 2.74. The molecule has 6 heteroatoms. The van der Waals surface area contributed by atoms with Crippen molar-refractivity contribution in [3.63, 3.8) is 0 Å². The largest absolute Gasteiger partial charge is 0.497 e. The third-order valence-corrected chi connectivity index (χ3v) is 4.38. The van der Waals surface area contributed by atoms with E-state index in [9.17, 15) is 0 Å². The number of aromatic nitrogens is 2. The minimum Gasteiger partial charge on any atom is -0.497 e. The molecule has 0 amide bonds. The summed E-state index contributed by atoms with van der Waals surface area (Å²) >= 11 is 0. The van der Waals surface area contributed by atoms with Crippen LogP contribution in [0.1, 0.15) is 18.4 Å². The molecule has 6 nitrogen and oxygen atoms in total. The molecule has 128 valence electrons. The van der Waals surface area contributed by atoms with Gasteiger partial charge in [-0.05, 0) is 31.0 Å². The van der Waals surface area contributed by atoms with Crippen LogP contribution < -0.4 is 19.7 Å². The fraction of sp³-hybridized carbons (Fsp3) is 0.444. The van der Waals surface area contributed by atoms with Crippen LogP contribution in [0.4, 0.5) is 5.82 Å². The smallest absolute Gasteiger partial charge is 0.151 e. The van der Waals surface area contributed by atoms with Gasteiger partial charge in [-0.2, -0.15) is 5.10 Å². The van der Waals surface area contributed by atoms with Crippen LogP contribution in [0, 0.1) is 0 Å². The highest BCUT2D eigenvalue weighted by atomic mass is 16.5. The molecule has 1 N–H and O–H groups in total. The first-order valence-electron chi connectivity index (χ1n) is 8.27. The molecule has 0 bridgehead atoms. The Morgan fingerprint density at radius 2 is 2.17 bits per heavy atom. The minimum absolute atomic E-state index is 0.424. The summed E-state index contributed by atoms with van der Waals surface area (Å²) in [5.41, 5.74) is 1.13. The van der Waals surface area contributed by atoms with E-state index in [1.807, 2.05) is 30.3 Å². The SMILES string of the molecule is COc1ccc(CNC2CCCN(c3cccnn3)C2)c(OC)c1. The van der Waals surface area contributed by atoms with Gasteiger partial charge in [-0.1, -0.05) is 6.07 Å². The van der Waals surface area contributed by atoms with E-state index in [4.69, 9.17) is 9.47 Å². The summed E-state index contributed by atoms with van der Waals surface area (Å²) in [6, 6.07) is 10.3. The van der Waals surface area contributed by atoms with Gasteiger partial charge in [-0.15, -0.1) is 5.10 Å². The lowest BCUT2D eigenvalue weighted by molar-refractivity contribution is 0.383. The summed E-state index contributed by atoms with van der Waals surface area (Å²) in [5, 5.41) is 11.8. The molecule has 1 fully saturated rings. The van der Waals surface area contributed by atoms with E-state index >= 15 is 0 Å². The van der Waals surface area contributed by atoms with Crippen molar-refractivity contribution in [3.05, 3.63) is 42.1 Å². The van der Waals surface area contributed by atoms with Gasteiger partial charge in [0.25, 0.3) is 0 Å². The Morgan fingerprint density at radius 3 is 2.92 bits per heavy atom. The molecule has 0 radical (unpaired) electrons. The average molecular weight is 328 g/mol. The van der Waals surface area contributed by atoms with Crippen LogP contribution >= 0.6 is 0 Å². The Bertz CT molecular complexity index is 651. The number of nitrogens with one attached hydrogen (secondary N) is 1. The zero-order valence-corrected chi connectivity index (χ0v) is 14.2. The van der Waals surface area contributed by atoms with Crippen molar-refractivity contribution in [2.45, 2.75) is 25.4 Å². The lowest BCUT2D eigenvalue weighted by Gasteiger charge is -2.33. The fourth-order valence-electron chi connectivity index (χ4n) is 3.07. The fourth-order valence-corrected chi connectivity index (χ4v) is 3.07. The predicted octanol–water partition coefficient (Wildman–Crippen LogP) is 2.25. The molecule has 24 heavy (non-hydrogen) atoms. The lowest BCUT2D eigenvalue weighted by Crippen LogP contribution is -2.45. The summed E-state index contributed by atoms with van der Waals surface area (Å²) in [7, 11) is 3.35. The molecule has 2 aromatic rings. The van der Waals surface area contributed by atoms with E-state index < -0.39 is 0 Å². The van der Waals surface area contributed by atoms with Crippen LogP contribution in [0.25, 0.3) is 0 Å². The van der Waals surface area contributed by atoms with Gasteiger partial charge in [0.15, 0.2) is 5.82 Å². The summed E-state index contributed by atoms with van der Waals surface area (Å²) < 4.78 is 10.7. The zero-order chi connectivity index (χ0) is 16.8. The van der Waals surface area contributed by atoms with Gasteiger partial charge in [0, 0.05) is 43.5 Å². The highest BCUT2D eigenvalue weighted by molar-refractivity contribution is 5.41. The molecule has 1 aromatic heterocycles. The minimum atomic E-state index is 0.424. The molecule has 1 atom stereocenters. The van der Waals surface area contributed by atoms with Crippen LogP contribution in [-0.2, 0) is 6.54 Å². The van der Waals surface area contributed by atoms with Crippen molar-refractivity contribution < 1.29 is 9.47 Å². The molecular weight excluding hydrogens is 304 g/mol. The van der Waals surface area contributed by atoms with Crippen LogP contribution in [-0.4, -0.2) is 43.5 Å². The van der Waals surface area contributed by atoms with Crippen molar-refractivity contribution in [2.24, 2.45) is 0 Å². The normalized spacial score (nSPS) is 17.6. The molecule has 1 aliphatic heterocycles. The molecule has 0 spiro atoms. The topological polar surface area (TPSA) is 59.5 Å². The molecule has 1 aromatic carbocycles. The maximum Gasteiger partial charge on any atom is 0.151 e. The first-order chi connectivity index (χ1) is 11.8. The van der Waals surface area contributed by atoms with Crippen molar-refractivity contribution in [1.82, 2.24) is 15.5 Å². The van der Waals surface area contributed by atoms with E-state index in [0.29, 0.717) is 6.04 Å². The van der Waals surface area contributed by atoms with Gasteiger partial charge in [0.2, 0.25) is 0 Å². The van der Waals surface area contributed by atoms with Gasteiger partial charge < -0.3 is 19.7 Å². The molecule has 1 aliphatic rings. The van der Waals surface area contributed by atoms with E-state index in [2.05, 4.69) is 20.4 Å². The van der Waals surface area contributed by atoms with Crippen molar-refractivity contribution in [1.29, 1.82) is 0 Å². The van der Waals surface area contributed by atoms with Crippen molar-refractivity contribution in [2.75, 3.05) is 32.2 Å². The van der Waals surface area contributed by atoms with Gasteiger partial charge in [0.1, 0.15) is 11.5 Å². The predicted molar refractivity (Wildman–Crippen MR) is 93.7 cm³/mol. The molecule has 2 heterocycles. The van der Waals surface area contributed by atoms with E-state index in [0.717, 1.165) is 55.4 Å². The Labute approximate surface area is 142 Å². The van der Waals surface area contributed by atoms with E-state index in [-0.39, 0.29) is 0 Å². The Kier molecular flexibility index (Phi) is 5.48. The number of hydrogen-bond acceptors (Lipinski definition) is 6. The Morgan fingerprint density at radius 1 is 1.25 bits per heavy atom. The van der Waals surface area contributed by atoms with Crippen molar-refractivity contribution >= 4 is 5.82 Å². The molecule has 1 saturated heterocycles. The van der Waals surface area contributed by atoms with E-state index in [1.165, 1.54) is 0 Å². The van der Waals surface area contributed by atoms with Gasteiger partial charge in [-0.25, -0.2) is 0 Å². The summed E-state index contributed by atoms with van der Waals surface area (Å²) in [6.07, 6.45) is 4.02. The quantitative estimate of drug-likeness (QED) is 0.878. The molecule has 3 rings (SSSR count). The van der Waals surface area contributed by atoms with Crippen LogP contribution in [0.5, 0.6) is 11.5 Å². The summed E-state index contributed by atoms with van der Waals surface area (Å²) in [4.78, 5) is 2.29. The average Bonchev–Trinajstić information content (AvgIpc) is 2.67. The number of anilines is 1. The van der Waals surface area contributed by atoms with Gasteiger partial charge >= 0.3 is 0 Å². The standard InChI is InChI=1S/C18H24N4O2/c1-23-16-8-7-14(17(11-16)24-2)12-19-15-5-4-10-22(13-15)18-6-3-9-20-21-18/h3,6-9,11,15,19H,4-5,10,12-13H2,1-2H3. The van der Waals surface area contributed by atoms with Gasteiger partial charge in [-0.3, -0.25) is 0 Å².